The fourth-order valence-electron chi connectivity index (χ4n) is 3.62. The van der Waals surface area contributed by atoms with Gasteiger partial charge in [0.2, 0.25) is 5.43 Å². The quantitative estimate of drug-likeness (QED) is 0.235. The predicted molar refractivity (Wildman–Crippen MR) is 138 cm³/mol. The standard InChI is InChI=1S/C28H17ClFN3O3/c29-21-8-11-26-23(14-21)27(34)20(16-36-26)15-31-33-28(35)19-12-24(17-4-2-1-3-5-17)32-25(13-19)18-6-9-22(30)10-7-18/h1-16H,(H,33,35)/b31-15+. The van der Waals surface area contributed by atoms with Crippen molar-refractivity contribution in [3.8, 4) is 22.5 Å². The summed E-state index contributed by atoms with van der Waals surface area (Å²) in [6.45, 7) is 0. The molecule has 8 heteroatoms. The summed E-state index contributed by atoms with van der Waals surface area (Å²) in [6.07, 6.45) is 2.48. The van der Waals surface area contributed by atoms with Crippen LogP contribution in [-0.2, 0) is 0 Å². The van der Waals surface area contributed by atoms with Crippen molar-refractivity contribution in [3.05, 3.63) is 123 Å². The van der Waals surface area contributed by atoms with Crippen molar-refractivity contribution in [1.82, 2.24) is 10.4 Å². The Kier molecular flexibility index (Phi) is 6.38. The third kappa shape index (κ3) is 4.92. The fraction of sp³-hybridized carbons (Fsp3) is 0. The highest BCUT2D eigenvalue weighted by molar-refractivity contribution is 6.31. The Labute approximate surface area is 209 Å². The molecule has 0 aliphatic carbocycles. The molecule has 0 aliphatic heterocycles. The highest BCUT2D eigenvalue weighted by Gasteiger charge is 2.13. The topological polar surface area (TPSA) is 84.6 Å². The average Bonchev–Trinajstić information content (AvgIpc) is 2.91. The Balaban J connectivity index is 1.46. The molecular formula is C28H17ClFN3O3. The van der Waals surface area contributed by atoms with Crippen LogP contribution in [0.4, 0.5) is 4.39 Å². The molecule has 176 valence electrons. The number of hydrogen-bond acceptors (Lipinski definition) is 5. The molecule has 0 bridgehead atoms. The van der Waals surface area contributed by atoms with Crippen LogP contribution in [0.2, 0.25) is 5.02 Å². The molecule has 2 aromatic heterocycles. The van der Waals surface area contributed by atoms with E-state index in [-0.39, 0.29) is 22.4 Å². The molecule has 0 aliphatic rings. The van der Waals surface area contributed by atoms with E-state index in [1.54, 1.807) is 36.4 Å². The summed E-state index contributed by atoms with van der Waals surface area (Å²) in [5, 5.41) is 4.65. The van der Waals surface area contributed by atoms with Gasteiger partial charge in [0.25, 0.3) is 5.91 Å². The lowest BCUT2D eigenvalue weighted by Gasteiger charge is -2.09. The Morgan fingerprint density at radius 1 is 0.944 bits per heavy atom. The summed E-state index contributed by atoms with van der Waals surface area (Å²) in [5.74, 6) is -0.881. The minimum atomic E-state index is -0.512. The van der Waals surface area contributed by atoms with Crippen molar-refractivity contribution < 1.29 is 13.6 Å². The van der Waals surface area contributed by atoms with Gasteiger partial charge in [-0.2, -0.15) is 5.10 Å². The van der Waals surface area contributed by atoms with Gasteiger partial charge in [-0.05, 0) is 54.6 Å². The van der Waals surface area contributed by atoms with Gasteiger partial charge in [0.05, 0.1) is 28.6 Å². The second-order valence-corrected chi connectivity index (χ2v) is 8.30. The van der Waals surface area contributed by atoms with Crippen LogP contribution in [0.1, 0.15) is 15.9 Å². The second kappa shape index (κ2) is 9.93. The molecule has 0 spiro atoms. The van der Waals surface area contributed by atoms with Crippen LogP contribution >= 0.6 is 11.6 Å². The number of carbonyl (C=O) groups excluding carboxylic acids is 1. The Bertz CT molecular complexity index is 1670. The minimum Gasteiger partial charge on any atom is -0.463 e. The maximum Gasteiger partial charge on any atom is 0.271 e. The molecule has 5 rings (SSSR count). The summed E-state index contributed by atoms with van der Waals surface area (Å²) >= 11 is 5.98. The molecule has 1 N–H and O–H groups in total. The molecule has 2 heterocycles. The molecule has 3 aromatic carbocycles. The minimum absolute atomic E-state index is 0.150. The second-order valence-electron chi connectivity index (χ2n) is 7.86. The number of pyridine rings is 1. The molecule has 5 aromatic rings. The van der Waals surface area contributed by atoms with Gasteiger partial charge in [-0.15, -0.1) is 0 Å². The number of rotatable bonds is 5. The number of fused-ring (bicyclic) bond motifs is 1. The van der Waals surface area contributed by atoms with Crippen LogP contribution in [0.15, 0.2) is 106 Å². The maximum atomic E-state index is 13.4. The molecule has 0 saturated carbocycles. The van der Waals surface area contributed by atoms with E-state index in [2.05, 4.69) is 15.5 Å². The van der Waals surface area contributed by atoms with E-state index in [1.165, 1.54) is 30.7 Å². The number of nitrogens with one attached hydrogen (secondary N) is 1. The van der Waals surface area contributed by atoms with Gasteiger partial charge in [0, 0.05) is 21.7 Å². The fourth-order valence-corrected chi connectivity index (χ4v) is 3.79. The monoisotopic (exact) mass is 497 g/mol. The summed E-state index contributed by atoms with van der Waals surface area (Å²) in [4.78, 5) is 30.3. The van der Waals surface area contributed by atoms with Crippen LogP contribution in [0, 0.1) is 5.82 Å². The normalized spacial score (nSPS) is 11.2. The van der Waals surface area contributed by atoms with Crippen LogP contribution < -0.4 is 10.9 Å². The first-order valence-corrected chi connectivity index (χ1v) is 11.2. The molecule has 1 amide bonds. The number of carbonyl (C=O) groups is 1. The first kappa shape index (κ1) is 23.1. The van der Waals surface area contributed by atoms with Gasteiger partial charge >= 0.3 is 0 Å². The zero-order valence-corrected chi connectivity index (χ0v) is 19.4. The number of halogens is 2. The SMILES string of the molecule is O=C(N/N=C/c1coc2ccc(Cl)cc2c1=O)c1cc(-c2ccccc2)nc(-c2ccc(F)cc2)c1. The zero-order valence-electron chi connectivity index (χ0n) is 18.6. The highest BCUT2D eigenvalue weighted by atomic mass is 35.5. The number of aromatic nitrogens is 1. The van der Waals surface area contributed by atoms with Gasteiger partial charge in [0.15, 0.2) is 0 Å². The lowest BCUT2D eigenvalue weighted by Crippen LogP contribution is -2.19. The van der Waals surface area contributed by atoms with E-state index in [9.17, 15) is 14.0 Å². The number of nitrogens with zero attached hydrogens (tertiary/aromatic N) is 2. The largest absolute Gasteiger partial charge is 0.463 e. The Hall–Kier alpha value is -4.62. The molecule has 0 fully saturated rings. The van der Waals surface area contributed by atoms with Gasteiger partial charge in [0.1, 0.15) is 17.7 Å². The lowest BCUT2D eigenvalue weighted by molar-refractivity contribution is 0.0955. The van der Waals surface area contributed by atoms with E-state index >= 15 is 0 Å². The Morgan fingerprint density at radius 2 is 1.64 bits per heavy atom. The zero-order chi connectivity index (χ0) is 25.1. The molecule has 0 radical (unpaired) electrons. The molecule has 0 saturated heterocycles. The van der Waals surface area contributed by atoms with E-state index < -0.39 is 5.91 Å². The van der Waals surface area contributed by atoms with E-state index in [0.717, 1.165) is 5.56 Å². The van der Waals surface area contributed by atoms with Crippen molar-refractivity contribution in [1.29, 1.82) is 0 Å². The smallest absolute Gasteiger partial charge is 0.271 e. The maximum absolute atomic E-state index is 13.4. The average molecular weight is 498 g/mol. The van der Waals surface area contributed by atoms with E-state index in [0.29, 0.717) is 32.9 Å². The van der Waals surface area contributed by atoms with Crippen molar-refractivity contribution in [3.63, 3.8) is 0 Å². The number of amides is 1. The lowest BCUT2D eigenvalue weighted by atomic mass is 10.0. The summed E-state index contributed by atoms with van der Waals surface area (Å²) in [6, 6.07) is 23.2. The summed E-state index contributed by atoms with van der Waals surface area (Å²) in [5.41, 5.74) is 5.47. The number of hydrazone groups is 1. The molecule has 6 nitrogen and oxygen atoms in total. The van der Waals surface area contributed by atoms with Crippen LogP contribution in [0.5, 0.6) is 0 Å². The number of hydrogen-bond donors (Lipinski definition) is 1. The summed E-state index contributed by atoms with van der Waals surface area (Å²) < 4.78 is 18.9. The molecule has 36 heavy (non-hydrogen) atoms. The third-order valence-electron chi connectivity index (χ3n) is 5.43. The van der Waals surface area contributed by atoms with Crippen LogP contribution in [0.3, 0.4) is 0 Å². The first-order valence-electron chi connectivity index (χ1n) is 10.9. The highest BCUT2D eigenvalue weighted by Crippen LogP contribution is 2.25. The van der Waals surface area contributed by atoms with Crippen LogP contribution in [0.25, 0.3) is 33.5 Å². The molecular weight excluding hydrogens is 481 g/mol. The molecule has 0 unspecified atom stereocenters. The third-order valence-corrected chi connectivity index (χ3v) is 5.66. The Morgan fingerprint density at radius 3 is 2.36 bits per heavy atom. The first-order chi connectivity index (χ1) is 17.5. The van der Waals surface area contributed by atoms with Crippen LogP contribution in [-0.4, -0.2) is 17.1 Å². The van der Waals surface area contributed by atoms with Crippen molar-refractivity contribution in [2.75, 3.05) is 0 Å². The molecule has 0 atom stereocenters. The van der Waals surface area contributed by atoms with Gasteiger partial charge in [-0.25, -0.2) is 14.8 Å². The van der Waals surface area contributed by atoms with Crippen molar-refractivity contribution >= 4 is 34.7 Å². The van der Waals surface area contributed by atoms with E-state index in [1.807, 2.05) is 30.3 Å². The van der Waals surface area contributed by atoms with Gasteiger partial charge in [-0.3, -0.25) is 9.59 Å². The van der Waals surface area contributed by atoms with Gasteiger partial charge in [-0.1, -0.05) is 41.9 Å². The van der Waals surface area contributed by atoms with Crippen molar-refractivity contribution in [2.45, 2.75) is 0 Å². The van der Waals surface area contributed by atoms with Crippen molar-refractivity contribution in [2.24, 2.45) is 5.10 Å². The van der Waals surface area contributed by atoms with Gasteiger partial charge < -0.3 is 4.42 Å². The summed E-state index contributed by atoms with van der Waals surface area (Å²) in [7, 11) is 0. The number of benzene rings is 3. The van der Waals surface area contributed by atoms with E-state index in [4.69, 9.17) is 16.0 Å². The predicted octanol–water partition coefficient (Wildman–Crippen LogP) is 6.08.